The van der Waals surface area contributed by atoms with Gasteiger partial charge in [0.25, 0.3) is 0 Å². The molecule has 0 unspecified atom stereocenters. The van der Waals surface area contributed by atoms with E-state index in [2.05, 4.69) is 6.58 Å². The van der Waals surface area contributed by atoms with E-state index < -0.39 is 0 Å². The molecule has 0 saturated carbocycles. The molecule has 0 radical (unpaired) electrons. The maximum absolute atomic E-state index is 5.17. The molecule has 3 nitrogen and oxygen atoms in total. The molecule has 0 aromatic carbocycles. The van der Waals surface area contributed by atoms with Crippen LogP contribution in [0.1, 0.15) is 6.92 Å². The zero-order chi connectivity index (χ0) is 11.4. The van der Waals surface area contributed by atoms with Crippen molar-refractivity contribution in [2.24, 2.45) is 0 Å². The second-order valence-corrected chi connectivity index (χ2v) is 2.98. The lowest BCUT2D eigenvalue weighted by molar-refractivity contribution is 0.332. The van der Waals surface area contributed by atoms with Crippen LogP contribution in [0.5, 0.6) is 17.2 Å². The highest BCUT2D eigenvalue weighted by atomic mass is 16.5. The van der Waals surface area contributed by atoms with Crippen molar-refractivity contribution in [1.82, 2.24) is 0 Å². The first-order chi connectivity index (χ1) is 7.24. The molecule has 0 N–H and O–H groups in total. The predicted octanol–water partition coefficient (Wildman–Crippen LogP) is 2.89. The summed E-state index contributed by atoms with van der Waals surface area (Å²) in [5, 5.41) is 0. The van der Waals surface area contributed by atoms with Crippen LogP contribution in [0.2, 0.25) is 0 Å². The van der Waals surface area contributed by atoms with E-state index in [0.29, 0.717) is 5.75 Å². The number of fused-ring (bicyclic) bond motifs is 1. The third kappa shape index (κ3) is 1.91. The summed E-state index contributed by atoms with van der Waals surface area (Å²) in [4.78, 5) is 0. The number of hydrogen-bond donors (Lipinski definition) is 0. The zero-order valence-electron chi connectivity index (χ0n) is 9.59. The van der Waals surface area contributed by atoms with Crippen molar-refractivity contribution >= 4 is 0 Å². The Bertz CT molecular complexity index is 341. The van der Waals surface area contributed by atoms with E-state index in [9.17, 15) is 0 Å². The first kappa shape index (κ1) is 11.4. The van der Waals surface area contributed by atoms with Gasteiger partial charge in [0.15, 0.2) is 11.5 Å². The normalized spacial score (nSPS) is 9.60. The van der Waals surface area contributed by atoms with Gasteiger partial charge in [0.05, 0.1) is 21.3 Å². The number of benzene rings is 1. The molecular weight excluding hydrogens is 192 g/mol. The lowest BCUT2D eigenvalue weighted by atomic mass is 10.4. The molecule has 0 spiro atoms. The minimum absolute atomic E-state index is 0.701. The Morgan fingerprint density at radius 1 is 0.933 bits per heavy atom. The van der Waals surface area contributed by atoms with Crippen LogP contribution < -0.4 is 14.2 Å². The van der Waals surface area contributed by atoms with Gasteiger partial charge in [-0.1, -0.05) is 6.08 Å². The fraction of sp³-hybridized carbons (Fsp3) is 0.333. The molecule has 0 amide bonds. The van der Waals surface area contributed by atoms with Gasteiger partial charge in [-0.05, 0) is 13.0 Å². The van der Waals surface area contributed by atoms with Gasteiger partial charge in [0.2, 0.25) is 5.75 Å². The van der Waals surface area contributed by atoms with E-state index in [0.717, 1.165) is 22.6 Å². The number of hydrogen-bond acceptors (Lipinski definition) is 3. The molecule has 0 atom stereocenters. The van der Waals surface area contributed by atoms with E-state index in [1.807, 2.05) is 13.0 Å². The Kier molecular flexibility index (Phi) is 3.61. The smallest absolute Gasteiger partial charge is 0.204 e. The summed E-state index contributed by atoms with van der Waals surface area (Å²) in [6.45, 7) is 5.25. The number of rotatable bonds is 3. The largest absolute Gasteiger partial charge is 0.492 e. The van der Waals surface area contributed by atoms with Crippen LogP contribution in [0.3, 0.4) is 0 Å². The monoisotopic (exact) mass is 208 g/mol. The molecule has 2 rings (SSSR count). The van der Waals surface area contributed by atoms with Crippen molar-refractivity contribution in [1.29, 1.82) is 0 Å². The van der Waals surface area contributed by atoms with Crippen molar-refractivity contribution in [3.05, 3.63) is 18.7 Å². The zero-order valence-corrected chi connectivity index (χ0v) is 9.59. The average Bonchev–Trinajstić information content (AvgIpc) is 2.94. The SMILES string of the molecule is C=CC.COc1c2cc-2c(OC)c1OC. The third-order valence-corrected chi connectivity index (χ3v) is 2.01. The molecule has 15 heavy (non-hydrogen) atoms. The first-order valence-corrected chi connectivity index (χ1v) is 4.65. The standard InChI is InChI=1S/C9H10O3.C3H6/c1-10-7-5-4-6(5)8(11-2)9(7)12-3;1-3-2/h4H,1-3H3;3H,1H2,2H3. The van der Waals surface area contributed by atoms with Gasteiger partial charge < -0.3 is 14.2 Å². The highest BCUT2D eigenvalue weighted by Crippen LogP contribution is 2.59. The maximum atomic E-state index is 5.17. The topological polar surface area (TPSA) is 27.7 Å². The minimum atomic E-state index is 0.701. The Balaban J connectivity index is 0.000000337. The van der Waals surface area contributed by atoms with E-state index >= 15 is 0 Å². The first-order valence-electron chi connectivity index (χ1n) is 4.65. The van der Waals surface area contributed by atoms with Gasteiger partial charge >= 0.3 is 0 Å². The molecule has 2 aliphatic rings. The Hall–Kier alpha value is -1.64. The van der Waals surface area contributed by atoms with Crippen LogP contribution in [-0.2, 0) is 0 Å². The van der Waals surface area contributed by atoms with E-state index in [-0.39, 0.29) is 0 Å². The van der Waals surface area contributed by atoms with Crippen LogP contribution in [0.15, 0.2) is 18.7 Å². The van der Waals surface area contributed by atoms with Crippen molar-refractivity contribution in [2.45, 2.75) is 6.92 Å². The van der Waals surface area contributed by atoms with Crippen LogP contribution >= 0.6 is 0 Å². The summed E-state index contributed by atoms with van der Waals surface area (Å²) in [5.41, 5.74) is 2.21. The van der Waals surface area contributed by atoms with Crippen LogP contribution in [-0.4, -0.2) is 21.3 Å². The van der Waals surface area contributed by atoms with Crippen LogP contribution in [0.25, 0.3) is 11.1 Å². The summed E-state index contributed by atoms with van der Waals surface area (Å²) in [7, 11) is 4.87. The fourth-order valence-corrected chi connectivity index (χ4v) is 1.42. The van der Waals surface area contributed by atoms with E-state index in [1.54, 1.807) is 27.4 Å². The molecule has 0 fully saturated rings. The molecule has 0 heterocycles. The maximum Gasteiger partial charge on any atom is 0.204 e. The van der Waals surface area contributed by atoms with E-state index in [4.69, 9.17) is 14.2 Å². The fourth-order valence-electron chi connectivity index (χ4n) is 1.42. The van der Waals surface area contributed by atoms with Gasteiger partial charge in [-0.25, -0.2) is 0 Å². The Morgan fingerprint density at radius 3 is 1.53 bits per heavy atom. The van der Waals surface area contributed by atoms with Gasteiger partial charge in [-0.3, -0.25) is 0 Å². The van der Waals surface area contributed by atoms with Crippen molar-refractivity contribution in [3.8, 4) is 28.4 Å². The van der Waals surface area contributed by atoms with Gasteiger partial charge in [-0.15, -0.1) is 6.58 Å². The molecule has 0 aromatic heterocycles. The molecule has 0 bridgehead atoms. The molecular formula is C12H16O3. The predicted molar refractivity (Wildman–Crippen MR) is 61.0 cm³/mol. The molecule has 0 aliphatic heterocycles. The highest BCUT2D eigenvalue weighted by molar-refractivity contribution is 5.98. The van der Waals surface area contributed by atoms with Gasteiger partial charge in [0, 0.05) is 11.1 Å². The summed E-state index contributed by atoms with van der Waals surface area (Å²) >= 11 is 0. The van der Waals surface area contributed by atoms with Crippen molar-refractivity contribution in [3.63, 3.8) is 0 Å². The number of allylic oxidation sites excluding steroid dienone is 1. The minimum Gasteiger partial charge on any atom is -0.492 e. The number of methoxy groups -OCH3 is 3. The lowest BCUT2D eigenvalue weighted by Gasteiger charge is -2.04. The summed E-state index contributed by atoms with van der Waals surface area (Å²) in [6.07, 6.45) is 1.75. The molecule has 82 valence electrons. The summed E-state index contributed by atoms with van der Waals surface area (Å²) < 4.78 is 15.5. The summed E-state index contributed by atoms with van der Waals surface area (Å²) in [6, 6.07) is 2.01. The lowest BCUT2D eigenvalue weighted by Crippen LogP contribution is -1.89. The van der Waals surface area contributed by atoms with Crippen LogP contribution in [0.4, 0.5) is 0 Å². The van der Waals surface area contributed by atoms with Gasteiger partial charge in [0.1, 0.15) is 0 Å². The Morgan fingerprint density at radius 2 is 1.27 bits per heavy atom. The Labute approximate surface area is 90.3 Å². The second-order valence-electron chi connectivity index (χ2n) is 2.98. The average molecular weight is 208 g/mol. The second kappa shape index (κ2) is 4.73. The highest BCUT2D eigenvalue weighted by Gasteiger charge is 2.32. The third-order valence-electron chi connectivity index (χ3n) is 2.01. The number of ether oxygens (including phenoxy) is 3. The van der Waals surface area contributed by atoms with Crippen molar-refractivity contribution < 1.29 is 14.2 Å². The summed E-state index contributed by atoms with van der Waals surface area (Å²) in [5.74, 6) is 2.27. The molecule has 2 aliphatic carbocycles. The molecule has 0 saturated heterocycles. The van der Waals surface area contributed by atoms with Crippen LogP contribution in [0, 0.1) is 0 Å². The van der Waals surface area contributed by atoms with Gasteiger partial charge in [-0.2, -0.15) is 0 Å². The van der Waals surface area contributed by atoms with E-state index in [1.165, 1.54) is 0 Å². The quantitative estimate of drug-likeness (QED) is 0.726. The molecule has 3 heteroatoms. The molecule has 0 aromatic rings. The van der Waals surface area contributed by atoms with Crippen molar-refractivity contribution in [2.75, 3.05) is 21.3 Å².